The molecule has 0 amide bonds. The molecule has 0 aliphatic carbocycles. The summed E-state index contributed by atoms with van der Waals surface area (Å²) < 4.78 is 0. The third-order valence-electron chi connectivity index (χ3n) is 2.86. The molecule has 0 saturated carbocycles. The van der Waals surface area contributed by atoms with Crippen LogP contribution in [0.4, 0.5) is 5.82 Å². The smallest absolute Gasteiger partial charge is 0.253 e. The molecular weight excluding hydrogens is 286 g/mol. The van der Waals surface area contributed by atoms with Gasteiger partial charge in [-0.1, -0.05) is 18.7 Å². The van der Waals surface area contributed by atoms with Crippen LogP contribution in [0.1, 0.15) is 32.0 Å². The van der Waals surface area contributed by atoms with Gasteiger partial charge < -0.3 is 16.0 Å². The highest BCUT2D eigenvalue weighted by Crippen LogP contribution is 2.24. The highest BCUT2D eigenvalue weighted by molar-refractivity contribution is 7.99. The van der Waals surface area contributed by atoms with Crippen molar-refractivity contribution >= 4 is 17.6 Å². The number of H-pyrrole nitrogens is 1. The normalized spacial score (nSPS) is 12.3. The largest absolute Gasteiger partial charge is 0.383 e. The van der Waals surface area contributed by atoms with Crippen molar-refractivity contribution in [1.82, 2.24) is 20.3 Å². The molecule has 0 aliphatic rings. The van der Waals surface area contributed by atoms with Gasteiger partial charge in [-0.25, -0.2) is 4.98 Å². The number of nitrogen functional groups attached to an aromatic ring is 1. The van der Waals surface area contributed by atoms with Crippen molar-refractivity contribution in [3.8, 4) is 0 Å². The summed E-state index contributed by atoms with van der Waals surface area (Å²) >= 11 is 1.32. The van der Waals surface area contributed by atoms with Crippen LogP contribution in [0.15, 0.2) is 39.2 Å². The fourth-order valence-corrected chi connectivity index (χ4v) is 2.55. The molecule has 0 bridgehead atoms. The average Bonchev–Trinajstić information content (AvgIpc) is 2.44. The number of aromatic nitrogens is 3. The maximum Gasteiger partial charge on any atom is 0.253 e. The second-order valence-corrected chi connectivity index (χ2v) is 5.73. The molecule has 0 aliphatic heterocycles. The molecule has 7 heteroatoms. The minimum atomic E-state index is -0.257. The van der Waals surface area contributed by atoms with E-state index in [9.17, 15) is 4.79 Å². The number of nitrogens with one attached hydrogen (secondary N) is 2. The zero-order valence-corrected chi connectivity index (χ0v) is 12.9. The Labute approximate surface area is 127 Å². The molecular formula is C14H19N5OS. The van der Waals surface area contributed by atoms with E-state index < -0.39 is 0 Å². The minimum Gasteiger partial charge on any atom is -0.383 e. The van der Waals surface area contributed by atoms with Crippen LogP contribution in [-0.4, -0.2) is 21.5 Å². The molecule has 1 unspecified atom stereocenters. The van der Waals surface area contributed by atoms with Crippen LogP contribution in [0, 0.1) is 0 Å². The zero-order valence-electron chi connectivity index (χ0n) is 12.1. The Morgan fingerprint density at radius 2 is 2.29 bits per heavy atom. The number of pyridine rings is 1. The first kappa shape index (κ1) is 15.5. The van der Waals surface area contributed by atoms with E-state index in [1.54, 1.807) is 6.20 Å². The van der Waals surface area contributed by atoms with Crippen molar-refractivity contribution in [3.63, 3.8) is 0 Å². The lowest BCUT2D eigenvalue weighted by molar-refractivity contribution is 0.558. The van der Waals surface area contributed by atoms with Crippen LogP contribution < -0.4 is 16.6 Å². The first-order valence-corrected chi connectivity index (χ1v) is 7.64. The van der Waals surface area contributed by atoms with Crippen molar-refractivity contribution in [2.45, 2.75) is 36.4 Å². The van der Waals surface area contributed by atoms with Crippen LogP contribution in [0.3, 0.4) is 0 Å². The molecule has 0 saturated heterocycles. The number of hydrogen-bond acceptors (Lipinski definition) is 6. The highest BCUT2D eigenvalue weighted by Gasteiger charge is 2.07. The molecule has 112 valence electrons. The maximum atomic E-state index is 11.3. The van der Waals surface area contributed by atoms with E-state index in [1.807, 2.05) is 12.1 Å². The Balaban J connectivity index is 2.06. The lowest BCUT2D eigenvalue weighted by Gasteiger charge is -2.12. The van der Waals surface area contributed by atoms with Gasteiger partial charge in [-0.2, -0.15) is 0 Å². The lowest BCUT2D eigenvalue weighted by atomic mass is 10.2. The minimum absolute atomic E-state index is 0.211. The molecule has 0 aromatic carbocycles. The van der Waals surface area contributed by atoms with E-state index in [-0.39, 0.29) is 17.4 Å². The summed E-state index contributed by atoms with van der Waals surface area (Å²) in [6.45, 7) is 5.18. The Hall–Kier alpha value is -1.86. The van der Waals surface area contributed by atoms with E-state index in [2.05, 4.69) is 34.1 Å². The first-order chi connectivity index (χ1) is 10.1. The summed E-state index contributed by atoms with van der Waals surface area (Å²) in [5.74, 6) is 0.211. The van der Waals surface area contributed by atoms with Gasteiger partial charge >= 0.3 is 0 Å². The van der Waals surface area contributed by atoms with Gasteiger partial charge in [0.05, 0.1) is 5.69 Å². The average molecular weight is 305 g/mol. The first-order valence-electron chi connectivity index (χ1n) is 6.82. The summed E-state index contributed by atoms with van der Waals surface area (Å²) in [4.78, 5) is 23.4. The third kappa shape index (κ3) is 4.57. The number of anilines is 1. The Kier molecular flexibility index (Phi) is 5.35. The number of rotatable bonds is 6. The molecule has 2 aromatic rings. The van der Waals surface area contributed by atoms with Crippen LogP contribution in [0.2, 0.25) is 0 Å². The van der Waals surface area contributed by atoms with Crippen LogP contribution in [0.5, 0.6) is 0 Å². The van der Waals surface area contributed by atoms with Crippen molar-refractivity contribution in [1.29, 1.82) is 0 Å². The molecule has 2 aromatic heterocycles. The number of nitrogens with two attached hydrogens (primary N) is 1. The fourth-order valence-electron chi connectivity index (χ4n) is 1.79. The van der Waals surface area contributed by atoms with Crippen LogP contribution >= 0.6 is 11.8 Å². The predicted molar refractivity (Wildman–Crippen MR) is 84.3 cm³/mol. The SMILES string of the molecule is CCCNC(C)c1ccc(Sc2nc(N)cc(=O)[nH]2)cn1. The quantitative estimate of drug-likeness (QED) is 0.706. The zero-order chi connectivity index (χ0) is 15.2. The molecule has 2 rings (SSSR count). The topological polar surface area (TPSA) is 96.7 Å². The highest BCUT2D eigenvalue weighted by atomic mass is 32.2. The molecule has 0 spiro atoms. The van der Waals surface area contributed by atoms with Gasteiger partial charge in [-0.3, -0.25) is 9.78 Å². The van der Waals surface area contributed by atoms with Gasteiger partial charge in [0.1, 0.15) is 5.82 Å². The summed E-state index contributed by atoms with van der Waals surface area (Å²) in [6, 6.07) is 5.40. The Bertz CT molecular complexity index is 641. The van der Waals surface area contributed by atoms with Gasteiger partial charge in [0.25, 0.3) is 5.56 Å². The number of hydrogen-bond donors (Lipinski definition) is 3. The van der Waals surface area contributed by atoms with Crippen LogP contribution in [-0.2, 0) is 0 Å². The van der Waals surface area contributed by atoms with Gasteiger partial charge in [-0.05, 0) is 32.0 Å². The monoisotopic (exact) mass is 305 g/mol. The Morgan fingerprint density at radius 3 is 2.90 bits per heavy atom. The van der Waals surface area contributed by atoms with E-state index in [0.29, 0.717) is 5.16 Å². The molecule has 0 fully saturated rings. The van der Waals surface area contributed by atoms with Gasteiger partial charge in [-0.15, -0.1) is 0 Å². The molecule has 1 atom stereocenters. The maximum absolute atomic E-state index is 11.3. The van der Waals surface area contributed by atoms with E-state index in [0.717, 1.165) is 23.6 Å². The van der Waals surface area contributed by atoms with E-state index >= 15 is 0 Å². The van der Waals surface area contributed by atoms with Gasteiger partial charge in [0.15, 0.2) is 5.16 Å². The molecule has 21 heavy (non-hydrogen) atoms. The van der Waals surface area contributed by atoms with Crippen LogP contribution in [0.25, 0.3) is 0 Å². The Morgan fingerprint density at radius 1 is 1.48 bits per heavy atom. The molecule has 2 heterocycles. The van der Waals surface area contributed by atoms with E-state index in [1.165, 1.54) is 17.8 Å². The number of nitrogens with zero attached hydrogens (tertiary/aromatic N) is 2. The summed E-state index contributed by atoms with van der Waals surface area (Å²) in [5.41, 5.74) is 6.29. The van der Waals surface area contributed by atoms with Crippen molar-refractivity contribution in [2.24, 2.45) is 0 Å². The predicted octanol–water partition coefficient (Wildman–Crippen LogP) is 1.96. The molecule has 4 N–H and O–H groups in total. The fraction of sp³-hybridized carbons (Fsp3) is 0.357. The summed E-state index contributed by atoms with van der Waals surface area (Å²) in [5, 5.41) is 3.85. The summed E-state index contributed by atoms with van der Waals surface area (Å²) in [7, 11) is 0. The number of aromatic amines is 1. The molecule has 6 nitrogen and oxygen atoms in total. The molecule has 0 radical (unpaired) electrons. The van der Waals surface area contributed by atoms with Crippen molar-refractivity contribution < 1.29 is 0 Å². The summed E-state index contributed by atoms with van der Waals surface area (Å²) in [6.07, 6.45) is 2.86. The lowest BCUT2D eigenvalue weighted by Crippen LogP contribution is -2.20. The third-order valence-corrected chi connectivity index (χ3v) is 3.72. The van der Waals surface area contributed by atoms with Gasteiger partial charge in [0.2, 0.25) is 0 Å². The van der Waals surface area contributed by atoms with Gasteiger partial charge in [0, 0.05) is 23.2 Å². The second kappa shape index (κ2) is 7.24. The second-order valence-electron chi connectivity index (χ2n) is 4.67. The van der Waals surface area contributed by atoms with Crippen molar-refractivity contribution in [3.05, 3.63) is 40.4 Å². The standard InChI is InChI=1S/C14H19N5OS/c1-3-6-16-9(2)11-5-4-10(8-17-11)21-14-18-12(15)7-13(20)19-14/h4-5,7-9,16H,3,6H2,1-2H3,(H3,15,18,19,20). The van der Waals surface area contributed by atoms with E-state index in [4.69, 9.17) is 5.73 Å². The van der Waals surface area contributed by atoms with Crippen molar-refractivity contribution in [2.75, 3.05) is 12.3 Å².